The van der Waals surface area contributed by atoms with Crippen LogP contribution in [0.25, 0.3) is 0 Å². The molecule has 0 bridgehead atoms. The van der Waals surface area contributed by atoms with Crippen molar-refractivity contribution in [3.8, 4) is 0 Å². The van der Waals surface area contributed by atoms with Crippen molar-refractivity contribution in [2.45, 2.75) is 90.9 Å². The fourth-order valence-corrected chi connectivity index (χ4v) is 1.96. The smallest absolute Gasteiger partial charge is 0.328 e. The number of hydrogen-bond donors (Lipinski definition) is 3. The van der Waals surface area contributed by atoms with E-state index >= 15 is 0 Å². The van der Waals surface area contributed by atoms with E-state index in [-0.39, 0.29) is 24.2 Å². The Morgan fingerprint density at radius 2 is 1.00 bits per heavy atom. The van der Waals surface area contributed by atoms with Crippen molar-refractivity contribution in [3.63, 3.8) is 0 Å². The highest BCUT2D eigenvalue weighted by Crippen LogP contribution is 2.06. The maximum absolute atomic E-state index is 11.3. The Kier molecular flexibility index (Phi) is 24.2. The summed E-state index contributed by atoms with van der Waals surface area (Å²) < 4.78 is 0. The Balaban J connectivity index is -0.00000200. The SMILES string of the molecule is CCCCCCCC(=O)ONOC(=O)CCCCCCC.N.N. The first-order valence-corrected chi connectivity index (χ1v) is 8.35. The minimum Gasteiger partial charge on any atom is -0.344 e. The molecule has 0 aliphatic rings. The first kappa shape index (κ1) is 26.7. The first-order chi connectivity index (χ1) is 10.2. The van der Waals surface area contributed by atoms with Crippen molar-refractivity contribution in [1.29, 1.82) is 0 Å². The lowest BCUT2D eigenvalue weighted by Gasteiger charge is -2.06. The van der Waals surface area contributed by atoms with Crippen LogP contribution in [0.1, 0.15) is 90.9 Å². The highest BCUT2D eigenvalue weighted by Gasteiger charge is 2.06. The number of rotatable bonds is 14. The molecule has 0 saturated carbocycles. The molecule has 0 aromatic carbocycles. The second kappa shape index (κ2) is 20.8. The Hall–Kier alpha value is -1.18. The van der Waals surface area contributed by atoms with Crippen LogP contribution in [0.15, 0.2) is 0 Å². The summed E-state index contributed by atoms with van der Waals surface area (Å²) in [6.07, 6.45) is 11.4. The Morgan fingerprint density at radius 1 is 0.652 bits per heavy atom. The standard InChI is InChI=1S/C16H31NO4.2H3N/c1-3-5-7-9-11-13-15(18)20-17-21-16(19)14-12-10-8-6-4-2;;/h17H,3-14H2,1-2H3;2*1H3. The molecule has 7 nitrogen and oxygen atoms in total. The van der Waals surface area contributed by atoms with E-state index < -0.39 is 0 Å². The molecule has 0 unspecified atom stereocenters. The van der Waals surface area contributed by atoms with E-state index in [1.165, 1.54) is 25.7 Å². The highest BCUT2D eigenvalue weighted by molar-refractivity contribution is 5.70. The van der Waals surface area contributed by atoms with Gasteiger partial charge in [0.2, 0.25) is 0 Å². The molecule has 0 aliphatic heterocycles. The highest BCUT2D eigenvalue weighted by atomic mass is 16.9. The molecule has 0 rings (SSSR count). The number of hydrogen-bond acceptors (Lipinski definition) is 7. The van der Waals surface area contributed by atoms with Crippen LogP contribution in [0.2, 0.25) is 0 Å². The van der Waals surface area contributed by atoms with Crippen molar-refractivity contribution in [2.24, 2.45) is 0 Å². The van der Waals surface area contributed by atoms with Crippen molar-refractivity contribution in [1.82, 2.24) is 17.9 Å². The zero-order valence-electron chi connectivity index (χ0n) is 15.0. The molecule has 0 aromatic heterocycles. The lowest BCUT2D eigenvalue weighted by Crippen LogP contribution is -2.23. The molecule has 140 valence electrons. The molecule has 0 heterocycles. The Bertz CT molecular complexity index is 250. The Labute approximate surface area is 140 Å². The molecule has 0 aromatic rings. The van der Waals surface area contributed by atoms with Gasteiger partial charge in [0.25, 0.3) is 0 Å². The molecule has 0 spiro atoms. The lowest BCUT2D eigenvalue weighted by atomic mass is 10.1. The second-order valence-electron chi connectivity index (χ2n) is 5.36. The van der Waals surface area contributed by atoms with Crippen molar-refractivity contribution < 1.29 is 19.3 Å². The molecular weight excluding hydrogens is 298 g/mol. The predicted octanol–water partition coefficient (Wildman–Crippen LogP) is 4.54. The van der Waals surface area contributed by atoms with E-state index in [9.17, 15) is 9.59 Å². The average Bonchev–Trinajstić information content (AvgIpc) is 2.47. The van der Waals surface area contributed by atoms with Gasteiger partial charge in [0, 0.05) is 18.5 Å². The number of nitrogens with one attached hydrogen (secondary N) is 1. The minimum absolute atomic E-state index is 0. The number of carbonyl (C=O) groups excluding carboxylic acids is 2. The Morgan fingerprint density at radius 3 is 1.35 bits per heavy atom. The monoisotopic (exact) mass is 335 g/mol. The normalized spacial score (nSPS) is 9.48. The molecule has 0 aliphatic carbocycles. The molecule has 0 amide bonds. The summed E-state index contributed by atoms with van der Waals surface area (Å²) in [6.45, 7) is 4.30. The van der Waals surface area contributed by atoms with Crippen LogP contribution >= 0.6 is 0 Å². The molecule has 0 radical (unpaired) electrons. The summed E-state index contributed by atoms with van der Waals surface area (Å²) in [5.41, 5.74) is 1.99. The van der Waals surface area contributed by atoms with Crippen LogP contribution in [0.5, 0.6) is 0 Å². The van der Waals surface area contributed by atoms with Gasteiger partial charge in [-0.15, -0.1) is 0 Å². The molecule has 7 heteroatoms. The third-order valence-electron chi connectivity index (χ3n) is 3.28. The van der Waals surface area contributed by atoms with Gasteiger partial charge >= 0.3 is 11.9 Å². The lowest BCUT2D eigenvalue weighted by molar-refractivity contribution is -0.198. The predicted molar refractivity (Wildman–Crippen MR) is 92.1 cm³/mol. The average molecular weight is 335 g/mol. The van der Waals surface area contributed by atoms with E-state index in [0.717, 1.165) is 38.5 Å². The summed E-state index contributed by atoms with van der Waals surface area (Å²) in [5, 5.41) is 0. The van der Waals surface area contributed by atoms with E-state index in [0.29, 0.717) is 12.8 Å². The van der Waals surface area contributed by atoms with Crippen molar-refractivity contribution >= 4 is 11.9 Å². The zero-order chi connectivity index (χ0) is 15.8. The fourth-order valence-electron chi connectivity index (χ4n) is 1.96. The fraction of sp³-hybridized carbons (Fsp3) is 0.875. The number of unbranched alkanes of at least 4 members (excludes halogenated alkanes) is 8. The van der Waals surface area contributed by atoms with Crippen LogP contribution in [0, 0.1) is 0 Å². The maximum atomic E-state index is 11.3. The van der Waals surface area contributed by atoms with E-state index in [2.05, 4.69) is 23.5 Å². The summed E-state index contributed by atoms with van der Waals surface area (Å²) >= 11 is 0. The summed E-state index contributed by atoms with van der Waals surface area (Å²) in [6, 6.07) is 0. The van der Waals surface area contributed by atoms with Gasteiger partial charge in [-0.05, 0) is 12.8 Å². The van der Waals surface area contributed by atoms with E-state index in [1.807, 2.05) is 5.64 Å². The molecule has 0 atom stereocenters. The van der Waals surface area contributed by atoms with Gasteiger partial charge in [-0.25, -0.2) is 0 Å². The van der Waals surface area contributed by atoms with Gasteiger partial charge in [0.15, 0.2) is 0 Å². The third-order valence-corrected chi connectivity index (χ3v) is 3.28. The van der Waals surface area contributed by atoms with Gasteiger partial charge in [0.05, 0.1) is 0 Å². The first-order valence-electron chi connectivity index (χ1n) is 8.35. The minimum atomic E-state index is -0.387. The summed E-state index contributed by atoms with van der Waals surface area (Å²) in [4.78, 5) is 31.9. The van der Waals surface area contributed by atoms with Crippen LogP contribution in [0.3, 0.4) is 0 Å². The summed E-state index contributed by atoms with van der Waals surface area (Å²) in [5.74, 6) is -0.774. The van der Waals surface area contributed by atoms with Gasteiger partial charge in [-0.3, -0.25) is 9.59 Å². The van der Waals surface area contributed by atoms with Crippen LogP contribution in [0.4, 0.5) is 0 Å². The molecular formula is C16H37N3O4. The molecule has 23 heavy (non-hydrogen) atoms. The van der Waals surface area contributed by atoms with Gasteiger partial charge < -0.3 is 22.0 Å². The van der Waals surface area contributed by atoms with Crippen LogP contribution in [-0.4, -0.2) is 11.9 Å². The third kappa shape index (κ3) is 20.8. The molecule has 0 fully saturated rings. The second-order valence-corrected chi connectivity index (χ2v) is 5.36. The van der Waals surface area contributed by atoms with Crippen molar-refractivity contribution in [2.75, 3.05) is 0 Å². The van der Waals surface area contributed by atoms with Gasteiger partial charge in [-0.1, -0.05) is 65.2 Å². The maximum Gasteiger partial charge on any atom is 0.328 e. The van der Waals surface area contributed by atoms with Crippen LogP contribution in [-0.2, 0) is 19.3 Å². The van der Waals surface area contributed by atoms with E-state index in [4.69, 9.17) is 0 Å². The van der Waals surface area contributed by atoms with Gasteiger partial charge in [0.1, 0.15) is 0 Å². The van der Waals surface area contributed by atoms with Crippen molar-refractivity contribution in [3.05, 3.63) is 0 Å². The van der Waals surface area contributed by atoms with E-state index in [1.54, 1.807) is 0 Å². The molecule has 7 N–H and O–H groups in total. The number of carbonyl (C=O) groups is 2. The largest absolute Gasteiger partial charge is 0.344 e. The summed E-state index contributed by atoms with van der Waals surface area (Å²) in [7, 11) is 0. The van der Waals surface area contributed by atoms with Gasteiger partial charge in [-0.2, -0.15) is 0 Å². The molecule has 0 saturated heterocycles. The zero-order valence-corrected chi connectivity index (χ0v) is 15.0. The quantitative estimate of drug-likeness (QED) is 0.313. The topological polar surface area (TPSA) is 135 Å². The van der Waals surface area contributed by atoms with Crippen LogP contribution < -0.4 is 17.9 Å².